The molecule has 2 amide bonds. The van der Waals surface area contributed by atoms with E-state index in [1.54, 1.807) is 41.3 Å². The molecule has 214 valence electrons. The molecule has 9 nitrogen and oxygen atoms in total. The molecule has 0 heterocycles. The number of aliphatic hydroxyl groups is 2. The highest BCUT2D eigenvalue weighted by Crippen LogP contribution is 2.37. The summed E-state index contributed by atoms with van der Waals surface area (Å²) in [5.74, 6) is -0.102. The number of hydrogen-bond donors (Lipinski definition) is 3. The van der Waals surface area contributed by atoms with Gasteiger partial charge in [-0.3, -0.25) is 14.4 Å². The van der Waals surface area contributed by atoms with Gasteiger partial charge < -0.3 is 29.9 Å². The van der Waals surface area contributed by atoms with Crippen molar-refractivity contribution in [1.82, 2.24) is 10.2 Å². The summed E-state index contributed by atoms with van der Waals surface area (Å²) in [5.41, 5.74) is 1.48. The summed E-state index contributed by atoms with van der Waals surface area (Å²) in [4.78, 5) is 39.4. The summed E-state index contributed by atoms with van der Waals surface area (Å²) in [5, 5.41) is 24.0. The Kier molecular flexibility index (Phi) is 12.0. The number of halogens is 2. The van der Waals surface area contributed by atoms with Gasteiger partial charge in [0, 0.05) is 42.1 Å². The second kappa shape index (κ2) is 15.2. The van der Waals surface area contributed by atoms with E-state index in [4.69, 9.17) is 21.1 Å². The first-order chi connectivity index (χ1) is 19.2. The zero-order chi connectivity index (χ0) is 29.2. The predicted octanol–water partition coefficient (Wildman–Crippen LogP) is 3.68. The number of ether oxygens (including phenoxy) is 2. The Bertz CT molecular complexity index is 1250. The molecule has 2 aromatic rings. The van der Waals surface area contributed by atoms with Gasteiger partial charge in [0.2, 0.25) is 11.8 Å². The molecule has 0 bridgehead atoms. The van der Waals surface area contributed by atoms with Crippen LogP contribution in [-0.2, 0) is 16.1 Å². The highest BCUT2D eigenvalue weighted by molar-refractivity contribution is 14.1. The van der Waals surface area contributed by atoms with Crippen LogP contribution in [0.2, 0.25) is 5.02 Å². The summed E-state index contributed by atoms with van der Waals surface area (Å²) >= 11 is 8.05. The van der Waals surface area contributed by atoms with Crippen LogP contribution in [0, 0.1) is 3.57 Å². The van der Waals surface area contributed by atoms with Gasteiger partial charge in [-0.15, -0.1) is 6.58 Å². The van der Waals surface area contributed by atoms with Crippen LogP contribution in [-0.4, -0.2) is 71.7 Å². The van der Waals surface area contributed by atoms with Crippen LogP contribution in [0.25, 0.3) is 0 Å². The van der Waals surface area contributed by atoms with Crippen molar-refractivity contribution in [2.45, 2.75) is 44.1 Å². The average Bonchev–Trinajstić information content (AvgIpc) is 2.96. The number of nitrogens with one attached hydrogen (secondary N) is 1. The summed E-state index contributed by atoms with van der Waals surface area (Å²) < 4.78 is 12.2. The summed E-state index contributed by atoms with van der Waals surface area (Å²) in [6, 6.07) is 9.34. The molecule has 0 aliphatic heterocycles. The summed E-state index contributed by atoms with van der Waals surface area (Å²) in [6.45, 7) is 3.67. The van der Waals surface area contributed by atoms with E-state index in [-0.39, 0.29) is 49.9 Å². The SMILES string of the molecule is C=CCCC(=O)N(Cc1ccc(Cl)cc1)[C@@H]1CC(C(=O)NCCO)=C[C@H](Oc2c(I)cc(C=O)cc2OC)[C@H]1O. The number of allylic oxidation sites excluding steroid dienone is 1. The third kappa shape index (κ3) is 8.06. The van der Waals surface area contributed by atoms with Gasteiger partial charge in [-0.1, -0.05) is 29.8 Å². The minimum absolute atomic E-state index is 0.0422. The Hall–Kier alpha value is -2.93. The minimum Gasteiger partial charge on any atom is -0.493 e. The quantitative estimate of drug-likeness (QED) is 0.167. The highest BCUT2D eigenvalue weighted by Gasteiger charge is 2.40. The molecule has 3 atom stereocenters. The van der Waals surface area contributed by atoms with Gasteiger partial charge >= 0.3 is 0 Å². The Morgan fingerprint density at radius 2 is 2.00 bits per heavy atom. The number of hydrogen-bond acceptors (Lipinski definition) is 7. The van der Waals surface area contributed by atoms with E-state index >= 15 is 0 Å². The van der Waals surface area contributed by atoms with E-state index in [0.717, 1.165) is 5.56 Å². The van der Waals surface area contributed by atoms with Gasteiger partial charge in [0.1, 0.15) is 18.5 Å². The maximum absolute atomic E-state index is 13.4. The molecular formula is C29H32ClIN2O7. The molecule has 3 N–H and O–H groups in total. The lowest BCUT2D eigenvalue weighted by atomic mass is 9.87. The van der Waals surface area contributed by atoms with Crippen LogP contribution in [0.3, 0.4) is 0 Å². The molecule has 0 unspecified atom stereocenters. The van der Waals surface area contributed by atoms with Crippen molar-refractivity contribution in [2.24, 2.45) is 0 Å². The number of methoxy groups -OCH3 is 1. The third-order valence-electron chi connectivity index (χ3n) is 6.41. The van der Waals surface area contributed by atoms with Gasteiger partial charge in [0.15, 0.2) is 11.5 Å². The number of amides is 2. The van der Waals surface area contributed by atoms with Gasteiger partial charge in [-0.2, -0.15) is 0 Å². The van der Waals surface area contributed by atoms with E-state index in [1.807, 2.05) is 22.6 Å². The second-order valence-corrected chi connectivity index (χ2v) is 10.7. The first-order valence-corrected chi connectivity index (χ1v) is 14.1. The van der Waals surface area contributed by atoms with Crippen LogP contribution in [0.4, 0.5) is 0 Å². The van der Waals surface area contributed by atoms with Gasteiger partial charge in [-0.05, 0) is 64.9 Å². The molecule has 1 aliphatic rings. The highest BCUT2D eigenvalue weighted by atomic mass is 127. The van der Waals surface area contributed by atoms with Crippen LogP contribution < -0.4 is 14.8 Å². The average molecular weight is 683 g/mol. The van der Waals surface area contributed by atoms with E-state index in [0.29, 0.717) is 32.4 Å². The molecule has 0 aromatic heterocycles. The van der Waals surface area contributed by atoms with Gasteiger partial charge in [0.25, 0.3) is 0 Å². The fourth-order valence-corrected chi connectivity index (χ4v) is 5.26. The van der Waals surface area contributed by atoms with Crippen LogP contribution in [0.15, 0.2) is 60.7 Å². The molecule has 1 aliphatic carbocycles. The van der Waals surface area contributed by atoms with Crippen molar-refractivity contribution in [3.8, 4) is 11.5 Å². The Balaban J connectivity index is 2.04. The zero-order valence-corrected chi connectivity index (χ0v) is 24.9. The monoisotopic (exact) mass is 682 g/mol. The van der Waals surface area contributed by atoms with Gasteiger partial charge in [-0.25, -0.2) is 0 Å². The normalized spacial score (nSPS) is 18.3. The molecule has 0 saturated carbocycles. The predicted molar refractivity (Wildman–Crippen MR) is 160 cm³/mol. The minimum atomic E-state index is -1.22. The lowest BCUT2D eigenvalue weighted by Crippen LogP contribution is -2.54. The smallest absolute Gasteiger partial charge is 0.247 e. The maximum Gasteiger partial charge on any atom is 0.247 e. The van der Waals surface area contributed by atoms with Crippen molar-refractivity contribution in [3.63, 3.8) is 0 Å². The number of carbonyl (C=O) groups is 3. The first-order valence-electron chi connectivity index (χ1n) is 12.6. The van der Waals surface area contributed by atoms with Crippen molar-refractivity contribution in [2.75, 3.05) is 20.3 Å². The number of aliphatic hydroxyl groups excluding tert-OH is 2. The summed E-state index contributed by atoms with van der Waals surface area (Å²) in [6.07, 6.45) is 2.26. The Morgan fingerprint density at radius 3 is 2.62 bits per heavy atom. The number of rotatable bonds is 13. The Labute approximate surface area is 251 Å². The van der Waals surface area contributed by atoms with Crippen molar-refractivity contribution < 1.29 is 34.1 Å². The molecule has 2 aromatic carbocycles. The molecule has 0 saturated heterocycles. The first kappa shape index (κ1) is 31.6. The fraction of sp³-hybridized carbons (Fsp3) is 0.345. The van der Waals surface area contributed by atoms with E-state index in [9.17, 15) is 24.6 Å². The van der Waals surface area contributed by atoms with Crippen LogP contribution in [0.5, 0.6) is 11.5 Å². The number of benzene rings is 2. The molecule has 40 heavy (non-hydrogen) atoms. The van der Waals surface area contributed by atoms with Crippen molar-refractivity contribution in [3.05, 3.63) is 80.4 Å². The second-order valence-electron chi connectivity index (χ2n) is 9.14. The number of carbonyl (C=O) groups excluding carboxylic acids is 3. The van der Waals surface area contributed by atoms with Crippen molar-refractivity contribution in [1.29, 1.82) is 0 Å². The largest absolute Gasteiger partial charge is 0.493 e. The number of nitrogens with zero attached hydrogens (tertiary/aromatic N) is 1. The third-order valence-corrected chi connectivity index (χ3v) is 7.46. The van der Waals surface area contributed by atoms with Crippen molar-refractivity contribution >= 4 is 52.3 Å². The lowest BCUT2D eigenvalue weighted by Gasteiger charge is -2.40. The molecule has 0 spiro atoms. The fourth-order valence-electron chi connectivity index (χ4n) is 4.38. The summed E-state index contributed by atoms with van der Waals surface area (Å²) in [7, 11) is 1.43. The zero-order valence-electron chi connectivity index (χ0n) is 22.0. The topological polar surface area (TPSA) is 125 Å². The van der Waals surface area contributed by atoms with Crippen LogP contribution >= 0.6 is 34.2 Å². The lowest BCUT2D eigenvalue weighted by molar-refractivity contribution is -0.139. The van der Waals surface area contributed by atoms with E-state index in [2.05, 4.69) is 11.9 Å². The molecule has 0 radical (unpaired) electrons. The van der Waals surface area contributed by atoms with Crippen LogP contribution in [0.1, 0.15) is 35.2 Å². The maximum atomic E-state index is 13.4. The standard InChI is InChI=1S/C29H32ClIN2O7/c1-3-4-5-26(36)33(16-18-6-8-21(30)9-7-18)23-14-20(29(38)32-10-11-34)15-24(27(23)37)40-28-22(31)12-19(17-35)13-25(28)39-2/h3,6-9,12-13,15,17,23-24,27,34,37H,1,4-5,10-11,14,16H2,2H3,(H,32,38)/t23-,24+,27+/m1/s1. The Morgan fingerprint density at radius 1 is 1.27 bits per heavy atom. The van der Waals surface area contributed by atoms with E-state index in [1.165, 1.54) is 19.3 Å². The molecule has 3 rings (SSSR count). The molecule has 0 fully saturated rings. The van der Waals surface area contributed by atoms with Gasteiger partial charge in [0.05, 0.1) is 23.3 Å². The molecule has 11 heteroatoms. The van der Waals surface area contributed by atoms with E-state index < -0.39 is 24.2 Å². The number of aldehydes is 1. The molecular weight excluding hydrogens is 651 g/mol.